The van der Waals surface area contributed by atoms with Crippen LogP contribution in [0.4, 0.5) is 0 Å². The lowest BCUT2D eigenvalue weighted by Gasteiger charge is -2.18. The number of rotatable bonds is 1. The highest BCUT2D eigenvalue weighted by atomic mass is 16.2. The third-order valence-electron chi connectivity index (χ3n) is 2.82. The van der Waals surface area contributed by atoms with Crippen molar-refractivity contribution in [3.63, 3.8) is 0 Å². The molecule has 0 radical (unpaired) electrons. The number of aryl methyl sites for hydroxylation is 1. The number of H-pyrrole nitrogens is 1. The van der Waals surface area contributed by atoms with Crippen molar-refractivity contribution in [1.82, 2.24) is 15.1 Å². The van der Waals surface area contributed by atoms with Crippen molar-refractivity contribution in [2.75, 3.05) is 13.1 Å². The average Bonchev–Trinajstić information content (AvgIpc) is 2.53. The summed E-state index contributed by atoms with van der Waals surface area (Å²) in [5.74, 6) is 0.0706. The van der Waals surface area contributed by atoms with E-state index in [1.165, 1.54) is 12.8 Å². The molecule has 0 atom stereocenters. The molecule has 1 saturated heterocycles. The zero-order valence-corrected chi connectivity index (χ0v) is 9.12. The van der Waals surface area contributed by atoms with Gasteiger partial charge in [-0.1, -0.05) is 12.8 Å². The monoisotopic (exact) mass is 207 g/mol. The topological polar surface area (TPSA) is 49.0 Å². The first-order valence-corrected chi connectivity index (χ1v) is 5.58. The van der Waals surface area contributed by atoms with Crippen LogP contribution >= 0.6 is 0 Å². The molecule has 82 valence electrons. The molecule has 1 aromatic heterocycles. The van der Waals surface area contributed by atoms with Gasteiger partial charge in [0.25, 0.3) is 5.91 Å². The predicted molar refractivity (Wildman–Crippen MR) is 57.7 cm³/mol. The van der Waals surface area contributed by atoms with E-state index >= 15 is 0 Å². The second kappa shape index (κ2) is 4.47. The normalized spacial score (nSPS) is 17.5. The van der Waals surface area contributed by atoms with Crippen LogP contribution in [0.15, 0.2) is 6.07 Å². The van der Waals surface area contributed by atoms with Crippen LogP contribution in [0.25, 0.3) is 0 Å². The number of aromatic amines is 1. The van der Waals surface area contributed by atoms with E-state index in [0.29, 0.717) is 5.69 Å². The van der Waals surface area contributed by atoms with Gasteiger partial charge in [0.05, 0.1) is 0 Å². The fraction of sp³-hybridized carbons (Fsp3) is 0.636. The number of aromatic nitrogens is 2. The molecule has 1 amide bonds. The van der Waals surface area contributed by atoms with E-state index in [0.717, 1.165) is 31.6 Å². The van der Waals surface area contributed by atoms with Crippen LogP contribution in [0, 0.1) is 6.92 Å². The zero-order valence-electron chi connectivity index (χ0n) is 9.12. The molecule has 0 unspecified atom stereocenters. The van der Waals surface area contributed by atoms with Gasteiger partial charge in [0, 0.05) is 18.8 Å². The van der Waals surface area contributed by atoms with Crippen LogP contribution < -0.4 is 0 Å². The Morgan fingerprint density at radius 3 is 2.53 bits per heavy atom. The summed E-state index contributed by atoms with van der Waals surface area (Å²) in [6.45, 7) is 3.67. The van der Waals surface area contributed by atoms with Gasteiger partial charge in [-0.3, -0.25) is 9.89 Å². The third kappa shape index (κ3) is 2.37. The summed E-state index contributed by atoms with van der Waals surface area (Å²) in [6, 6.07) is 1.81. The van der Waals surface area contributed by atoms with Gasteiger partial charge in [-0.2, -0.15) is 5.10 Å². The maximum absolute atomic E-state index is 12.0. The van der Waals surface area contributed by atoms with Gasteiger partial charge in [0.1, 0.15) is 5.69 Å². The van der Waals surface area contributed by atoms with E-state index in [4.69, 9.17) is 0 Å². The smallest absolute Gasteiger partial charge is 0.274 e. The molecule has 2 heterocycles. The van der Waals surface area contributed by atoms with Gasteiger partial charge in [-0.25, -0.2) is 0 Å². The molecule has 1 N–H and O–H groups in total. The third-order valence-corrected chi connectivity index (χ3v) is 2.82. The molecule has 1 aliphatic heterocycles. The first-order chi connectivity index (χ1) is 7.27. The van der Waals surface area contributed by atoms with Crippen LogP contribution in [0.3, 0.4) is 0 Å². The number of carbonyl (C=O) groups excluding carboxylic acids is 1. The fourth-order valence-corrected chi connectivity index (χ4v) is 1.96. The average molecular weight is 207 g/mol. The largest absolute Gasteiger partial charge is 0.337 e. The summed E-state index contributed by atoms with van der Waals surface area (Å²) in [6.07, 6.45) is 4.72. The number of nitrogens with zero attached hydrogens (tertiary/aromatic N) is 2. The molecule has 0 aromatic carbocycles. The van der Waals surface area contributed by atoms with Crippen molar-refractivity contribution in [3.05, 3.63) is 17.5 Å². The van der Waals surface area contributed by atoms with Crippen molar-refractivity contribution >= 4 is 5.91 Å². The van der Waals surface area contributed by atoms with Crippen molar-refractivity contribution in [3.8, 4) is 0 Å². The number of likely N-dealkylation sites (tertiary alicyclic amines) is 1. The van der Waals surface area contributed by atoms with E-state index in [1.54, 1.807) is 0 Å². The molecule has 15 heavy (non-hydrogen) atoms. The zero-order chi connectivity index (χ0) is 10.7. The summed E-state index contributed by atoms with van der Waals surface area (Å²) >= 11 is 0. The maximum atomic E-state index is 12.0. The van der Waals surface area contributed by atoms with Gasteiger partial charge in [0.15, 0.2) is 0 Å². The Morgan fingerprint density at radius 1 is 1.33 bits per heavy atom. The minimum atomic E-state index is 0.0706. The standard InChI is InChI=1S/C11H17N3O/c1-9-8-10(13-12-9)11(15)14-6-4-2-3-5-7-14/h8H,2-7H2,1H3,(H,12,13). The van der Waals surface area contributed by atoms with E-state index in [-0.39, 0.29) is 5.91 Å². The van der Waals surface area contributed by atoms with Crippen molar-refractivity contribution in [1.29, 1.82) is 0 Å². The Bertz CT molecular complexity index is 337. The summed E-state index contributed by atoms with van der Waals surface area (Å²) in [5, 5.41) is 6.81. The first-order valence-electron chi connectivity index (χ1n) is 5.58. The Hall–Kier alpha value is -1.32. The molecule has 1 aliphatic rings. The van der Waals surface area contributed by atoms with Gasteiger partial charge in [-0.05, 0) is 25.8 Å². The summed E-state index contributed by atoms with van der Waals surface area (Å²) in [7, 11) is 0. The van der Waals surface area contributed by atoms with Gasteiger partial charge in [0.2, 0.25) is 0 Å². The molecule has 0 saturated carbocycles. The second-order valence-electron chi connectivity index (χ2n) is 4.14. The number of amides is 1. The molecule has 1 aromatic rings. The summed E-state index contributed by atoms with van der Waals surface area (Å²) in [4.78, 5) is 13.9. The Morgan fingerprint density at radius 2 is 2.00 bits per heavy atom. The molecule has 4 heteroatoms. The first kappa shape index (κ1) is 10.2. The molecule has 0 aliphatic carbocycles. The van der Waals surface area contributed by atoms with Crippen LogP contribution in [0.2, 0.25) is 0 Å². The van der Waals surface area contributed by atoms with E-state index in [9.17, 15) is 4.79 Å². The minimum absolute atomic E-state index is 0.0706. The Balaban J connectivity index is 2.06. The molecule has 2 rings (SSSR count). The molecular weight excluding hydrogens is 190 g/mol. The molecule has 1 fully saturated rings. The molecular formula is C11H17N3O. The summed E-state index contributed by atoms with van der Waals surface area (Å²) in [5.41, 5.74) is 1.49. The number of nitrogens with one attached hydrogen (secondary N) is 1. The lowest BCUT2D eigenvalue weighted by molar-refractivity contribution is 0.0755. The van der Waals surface area contributed by atoms with Crippen molar-refractivity contribution in [2.24, 2.45) is 0 Å². The Labute approximate surface area is 89.7 Å². The van der Waals surface area contributed by atoms with Gasteiger partial charge < -0.3 is 4.90 Å². The van der Waals surface area contributed by atoms with Crippen molar-refractivity contribution < 1.29 is 4.79 Å². The van der Waals surface area contributed by atoms with Gasteiger partial charge in [-0.15, -0.1) is 0 Å². The number of hydrogen-bond donors (Lipinski definition) is 1. The van der Waals surface area contributed by atoms with Crippen LogP contribution in [-0.4, -0.2) is 34.1 Å². The minimum Gasteiger partial charge on any atom is -0.337 e. The predicted octanol–water partition coefficient (Wildman–Crippen LogP) is 1.73. The molecule has 4 nitrogen and oxygen atoms in total. The lowest BCUT2D eigenvalue weighted by atomic mass is 10.2. The summed E-state index contributed by atoms with van der Waals surface area (Å²) < 4.78 is 0. The Kier molecular flexibility index (Phi) is 3.04. The van der Waals surface area contributed by atoms with Crippen LogP contribution in [0.5, 0.6) is 0 Å². The molecule has 0 spiro atoms. The highest BCUT2D eigenvalue weighted by molar-refractivity contribution is 5.92. The molecule has 0 bridgehead atoms. The SMILES string of the molecule is Cc1cc(C(=O)N2CCCCCC2)n[nH]1. The van der Waals surface area contributed by atoms with Crippen LogP contribution in [-0.2, 0) is 0 Å². The quantitative estimate of drug-likeness (QED) is 0.762. The lowest BCUT2D eigenvalue weighted by Crippen LogP contribution is -2.32. The number of hydrogen-bond acceptors (Lipinski definition) is 2. The maximum Gasteiger partial charge on any atom is 0.274 e. The fourth-order valence-electron chi connectivity index (χ4n) is 1.96. The number of carbonyl (C=O) groups is 1. The van der Waals surface area contributed by atoms with E-state index < -0.39 is 0 Å². The van der Waals surface area contributed by atoms with E-state index in [1.807, 2.05) is 17.9 Å². The highest BCUT2D eigenvalue weighted by Gasteiger charge is 2.18. The highest BCUT2D eigenvalue weighted by Crippen LogP contribution is 2.12. The second-order valence-corrected chi connectivity index (χ2v) is 4.14. The van der Waals surface area contributed by atoms with Crippen molar-refractivity contribution in [2.45, 2.75) is 32.6 Å². The van der Waals surface area contributed by atoms with Crippen LogP contribution in [0.1, 0.15) is 41.9 Å². The van der Waals surface area contributed by atoms with E-state index in [2.05, 4.69) is 10.2 Å². The van der Waals surface area contributed by atoms with Gasteiger partial charge >= 0.3 is 0 Å².